The van der Waals surface area contributed by atoms with Gasteiger partial charge in [0.1, 0.15) is 22.3 Å². The van der Waals surface area contributed by atoms with E-state index < -0.39 is 0 Å². The third kappa shape index (κ3) is 4.70. The Morgan fingerprint density at radius 3 is 1.89 bits per heavy atom. The minimum absolute atomic E-state index is 0.867. The van der Waals surface area contributed by atoms with Crippen LogP contribution in [0.15, 0.2) is 197 Å². The first-order valence-corrected chi connectivity index (χ1v) is 19.7. The molecule has 3 aromatic heterocycles. The average molecular weight is 734 g/mol. The molecule has 9 aromatic carbocycles. The van der Waals surface area contributed by atoms with E-state index in [0.29, 0.717) is 0 Å². The van der Waals surface area contributed by atoms with Crippen LogP contribution in [-0.4, -0.2) is 0 Å². The molecule has 12 rings (SSSR count). The summed E-state index contributed by atoms with van der Waals surface area (Å²) in [6, 6.07) is 67.2. The molecule has 0 saturated heterocycles. The van der Waals surface area contributed by atoms with Gasteiger partial charge in [-0.15, -0.1) is 11.3 Å². The number of hydrogen-bond donors (Lipinski definition) is 0. The number of para-hydroxylation sites is 3. The highest BCUT2D eigenvalue weighted by atomic mass is 32.1. The van der Waals surface area contributed by atoms with E-state index in [-0.39, 0.29) is 0 Å². The Bertz CT molecular complexity index is 3480. The number of benzene rings is 9. The summed E-state index contributed by atoms with van der Waals surface area (Å²) < 4.78 is 15.5. The number of fused-ring (bicyclic) bond motifs is 11. The van der Waals surface area contributed by atoms with Gasteiger partial charge in [-0.2, -0.15) is 0 Å². The van der Waals surface area contributed by atoms with Crippen LogP contribution >= 0.6 is 11.3 Å². The zero-order valence-electron chi connectivity index (χ0n) is 30.1. The Morgan fingerprint density at radius 2 is 1.04 bits per heavy atom. The summed E-state index contributed by atoms with van der Waals surface area (Å²) in [4.78, 5) is 2.39. The lowest BCUT2D eigenvalue weighted by Gasteiger charge is -2.27. The molecule has 0 unspecified atom stereocenters. The summed E-state index contributed by atoms with van der Waals surface area (Å²) in [5.41, 5.74) is 11.5. The van der Waals surface area contributed by atoms with E-state index in [0.717, 1.165) is 66.5 Å². The molecule has 56 heavy (non-hydrogen) atoms. The van der Waals surface area contributed by atoms with Gasteiger partial charge in [0.2, 0.25) is 0 Å². The van der Waals surface area contributed by atoms with Gasteiger partial charge in [-0.05, 0) is 70.6 Å². The van der Waals surface area contributed by atoms with Crippen molar-refractivity contribution in [1.29, 1.82) is 0 Å². The third-order valence-corrected chi connectivity index (χ3v) is 12.5. The lowest BCUT2D eigenvalue weighted by Crippen LogP contribution is -2.10. The second-order valence-electron chi connectivity index (χ2n) is 14.4. The van der Waals surface area contributed by atoms with Crippen molar-refractivity contribution < 1.29 is 8.83 Å². The Kier molecular flexibility index (Phi) is 6.80. The molecule has 0 bridgehead atoms. The molecular weight excluding hydrogens is 703 g/mol. The fraction of sp³-hybridized carbons (Fsp3) is 0. The molecule has 3 heterocycles. The summed E-state index contributed by atoms with van der Waals surface area (Å²) in [7, 11) is 0. The van der Waals surface area contributed by atoms with Crippen LogP contribution in [0.1, 0.15) is 0 Å². The molecule has 0 fully saturated rings. The summed E-state index contributed by atoms with van der Waals surface area (Å²) in [6.07, 6.45) is 0. The maximum Gasteiger partial charge on any atom is 0.143 e. The number of hydrogen-bond acceptors (Lipinski definition) is 4. The van der Waals surface area contributed by atoms with Crippen LogP contribution < -0.4 is 4.90 Å². The third-order valence-electron chi connectivity index (χ3n) is 11.3. The zero-order chi connectivity index (χ0) is 36.7. The second kappa shape index (κ2) is 12.2. The lowest BCUT2D eigenvalue weighted by atomic mass is 9.96. The number of thiophene rings is 1. The first kappa shape index (κ1) is 31.2. The van der Waals surface area contributed by atoms with Crippen LogP contribution in [0.4, 0.5) is 17.1 Å². The summed E-state index contributed by atoms with van der Waals surface area (Å²) in [5, 5.41) is 9.41. The van der Waals surface area contributed by atoms with Crippen molar-refractivity contribution in [3.8, 4) is 22.3 Å². The van der Waals surface area contributed by atoms with Gasteiger partial charge in [0.15, 0.2) is 0 Å². The Labute approximate surface area is 325 Å². The van der Waals surface area contributed by atoms with Crippen LogP contribution in [0.3, 0.4) is 0 Å². The molecule has 0 amide bonds. The van der Waals surface area contributed by atoms with Gasteiger partial charge in [0.25, 0.3) is 0 Å². The van der Waals surface area contributed by atoms with Gasteiger partial charge in [-0.1, -0.05) is 133 Å². The van der Waals surface area contributed by atoms with E-state index >= 15 is 0 Å². The van der Waals surface area contributed by atoms with E-state index in [4.69, 9.17) is 8.83 Å². The number of anilines is 3. The van der Waals surface area contributed by atoms with Crippen LogP contribution in [0.5, 0.6) is 0 Å². The summed E-state index contributed by atoms with van der Waals surface area (Å²) >= 11 is 1.86. The van der Waals surface area contributed by atoms with E-state index in [1.165, 1.54) is 47.6 Å². The standard InChI is InChI=1S/C52H31NO2S/c1-2-11-32(12-3-1)33-23-26-35(27-24-33)53(36-28-30-39-37-14-4-6-20-45(37)54-47(39)31-36)44-19-8-13-34-25-29-43-50-40(16-10-22-48(50)56-52(43)49(34)44)42-18-9-17-41-38-15-5-7-21-46(38)55-51(41)42/h1-31H. The topological polar surface area (TPSA) is 29.5 Å². The highest BCUT2D eigenvalue weighted by Gasteiger charge is 2.22. The van der Waals surface area contributed by atoms with Gasteiger partial charge in [0, 0.05) is 70.1 Å². The van der Waals surface area contributed by atoms with Crippen molar-refractivity contribution >= 4 is 103 Å². The molecular formula is C52H31NO2S. The van der Waals surface area contributed by atoms with Gasteiger partial charge >= 0.3 is 0 Å². The van der Waals surface area contributed by atoms with Crippen LogP contribution in [0.25, 0.3) is 97.1 Å². The number of furan rings is 2. The van der Waals surface area contributed by atoms with Crippen molar-refractivity contribution in [2.24, 2.45) is 0 Å². The molecule has 0 radical (unpaired) electrons. The van der Waals surface area contributed by atoms with Crippen LogP contribution in [0.2, 0.25) is 0 Å². The van der Waals surface area contributed by atoms with E-state index in [9.17, 15) is 0 Å². The Balaban J connectivity index is 1.11. The second-order valence-corrected chi connectivity index (χ2v) is 15.5. The lowest BCUT2D eigenvalue weighted by molar-refractivity contribution is 0.669. The van der Waals surface area contributed by atoms with Gasteiger partial charge in [-0.25, -0.2) is 0 Å². The molecule has 4 heteroatoms. The molecule has 0 atom stereocenters. The molecule has 0 aliphatic rings. The molecule has 0 aliphatic heterocycles. The fourth-order valence-corrected chi connectivity index (χ4v) is 10.0. The van der Waals surface area contributed by atoms with Crippen molar-refractivity contribution in [3.05, 3.63) is 188 Å². The van der Waals surface area contributed by atoms with Crippen LogP contribution in [-0.2, 0) is 0 Å². The number of rotatable bonds is 5. The van der Waals surface area contributed by atoms with Crippen molar-refractivity contribution in [2.75, 3.05) is 4.90 Å². The molecule has 0 aliphatic carbocycles. The van der Waals surface area contributed by atoms with Crippen molar-refractivity contribution in [3.63, 3.8) is 0 Å². The Hall–Kier alpha value is -7.14. The summed E-state index contributed by atoms with van der Waals surface area (Å²) in [6.45, 7) is 0. The van der Waals surface area contributed by atoms with Gasteiger partial charge < -0.3 is 13.7 Å². The molecule has 262 valence electrons. The Morgan fingerprint density at radius 1 is 0.393 bits per heavy atom. The smallest absolute Gasteiger partial charge is 0.143 e. The van der Waals surface area contributed by atoms with Crippen molar-refractivity contribution in [1.82, 2.24) is 0 Å². The maximum absolute atomic E-state index is 6.57. The average Bonchev–Trinajstić information content (AvgIpc) is 3.95. The predicted octanol–water partition coefficient (Wildman–Crippen LogP) is 15.8. The minimum Gasteiger partial charge on any atom is -0.456 e. The first-order valence-electron chi connectivity index (χ1n) is 18.9. The van der Waals surface area contributed by atoms with Crippen LogP contribution in [0, 0.1) is 0 Å². The van der Waals surface area contributed by atoms with Gasteiger partial charge in [-0.3, -0.25) is 0 Å². The molecule has 3 nitrogen and oxygen atoms in total. The normalized spacial score (nSPS) is 11.9. The predicted molar refractivity (Wildman–Crippen MR) is 237 cm³/mol. The number of nitrogens with zero attached hydrogens (tertiary/aromatic N) is 1. The maximum atomic E-state index is 6.57. The molecule has 12 aromatic rings. The van der Waals surface area contributed by atoms with Crippen molar-refractivity contribution in [2.45, 2.75) is 0 Å². The largest absolute Gasteiger partial charge is 0.456 e. The van der Waals surface area contributed by atoms with E-state index in [1.54, 1.807) is 0 Å². The van der Waals surface area contributed by atoms with E-state index in [1.807, 2.05) is 29.5 Å². The highest BCUT2D eigenvalue weighted by molar-refractivity contribution is 7.26. The SMILES string of the molecule is c1ccc(-c2ccc(N(c3ccc4c(c3)oc3ccccc34)c3cccc4ccc5c(sc6cccc(-c7cccc8c7oc7ccccc78)c65)c34)cc2)cc1. The monoisotopic (exact) mass is 733 g/mol. The summed E-state index contributed by atoms with van der Waals surface area (Å²) in [5.74, 6) is 0. The molecule has 0 N–H and O–H groups in total. The minimum atomic E-state index is 0.867. The molecule has 0 spiro atoms. The van der Waals surface area contributed by atoms with Gasteiger partial charge in [0.05, 0.1) is 5.69 Å². The molecule has 0 saturated carbocycles. The first-order chi connectivity index (χ1) is 27.8. The quantitative estimate of drug-likeness (QED) is 0.176. The zero-order valence-corrected chi connectivity index (χ0v) is 30.9. The van der Waals surface area contributed by atoms with E-state index in [2.05, 4.69) is 175 Å². The highest BCUT2D eigenvalue weighted by Crippen LogP contribution is 2.49. The fourth-order valence-electron chi connectivity index (χ4n) is 8.72.